The number of nitrogen functional groups attached to an aromatic ring is 1. The van der Waals surface area contributed by atoms with Crippen LogP contribution in [0.5, 0.6) is 0 Å². The van der Waals surface area contributed by atoms with Crippen LogP contribution < -0.4 is 11.1 Å². The first-order valence-corrected chi connectivity index (χ1v) is 7.07. The second kappa shape index (κ2) is 4.90. The minimum atomic E-state index is -0.507. The molecule has 0 aromatic carbocycles. The van der Waals surface area contributed by atoms with Gasteiger partial charge in [-0.3, -0.25) is 9.79 Å². The van der Waals surface area contributed by atoms with Crippen LogP contribution in [-0.2, 0) is 4.74 Å². The van der Waals surface area contributed by atoms with Gasteiger partial charge in [0.2, 0.25) is 0 Å². The minimum Gasteiger partial charge on any atom is -0.462 e. The van der Waals surface area contributed by atoms with E-state index in [1.54, 1.807) is 6.92 Å². The van der Waals surface area contributed by atoms with Crippen LogP contribution >= 0.6 is 11.3 Å². The monoisotopic (exact) mass is 295 g/mol. The van der Waals surface area contributed by atoms with Gasteiger partial charge in [-0.25, -0.2) is 4.79 Å². The Morgan fingerprint density at radius 2 is 2.10 bits per heavy atom. The third-order valence-electron chi connectivity index (χ3n) is 2.53. The van der Waals surface area contributed by atoms with E-state index in [4.69, 9.17) is 10.5 Å². The van der Waals surface area contributed by atoms with E-state index < -0.39 is 5.97 Å². The largest absolute Gasteiger partial charge is 0.462 e. The third-order valence-corrected chi connectivity index (χ3v) is 3.72. The molecule has 0 unspecified atom stereocenters. The van der Waals surface area contributed by atoms with Gasteiger partial charge in [-0.15, -0.1) is 11.3 Å². The molecule has 20 heavy (non-hydrogen) atoms. The van der Waals surface area contributed by atoms with Crippen LogP contribution in [0.25, 0.3) is 0 Å². The normalized spacial score (nSPS) is 16.2. The Hall–Kier alpha value is -1.89. The summed E-state index contributed by atoms with van der Waals surface area (Å²) in [5.74, 6) is -0.371. The zero-order valence-corrected chi connectivity index (χ0v) is 12.7. The highest BCUT2D eigenvalue weighted by atomic mass is 32.1. The summed E-state index contributed by atoms with van der Waals surface area (Å²) in [6.07, 6.45) is 0. The van der Waals surface area contributed by atoms with Crippen LogP contribution in [0.2, 0.25) is 0 Å². The molecule has 1 aromatic rings. The number of fused-ring (bicyclic) bond motifs is 1. The molecule has 2 heterocycles. The maximum absolute atomic E-state index is 12.0. The molecule has 108 valence electrons. The smallest absolute Gasteiger partial charge is 0.350 e. The topological polar surface area (TPSA) is 93.8 Å². The first-order valence-electron chi connectivity index (χ1n) is 6.25. The molecule has 6 nitrogen and oxygen atoms in total. The molecule has 7 heteroatoms. The number of hydrogen-bond acceptors (Lipinski definition) is 6. The molecule has 0 bridgehead atoms. The van der Waals surface area contributed by atoms with Gasteiger partial charge in [0.25, 0.3) is 5.91 Å². The summed E-state index contributed by atoms with van der Waals surface area (Å²) < 4.78 is 4.94. The summed E-state index contributed by atoms with van der Waals surface area (Å²) in [5.41, 5.74) is 6.04. The fourth-order valence-electron chi connectivity index (χ4n) is 1.83. The molecule has 2 rings (SSSR count). The van der Waals surface area contributed by atoms with Crippen LogP contribution in [0.4, 0.5) is 5.69 Å². The molecule has 3 N–H and O–H groups in total. The Morgan fingerprint density at radius 3 is 2.65 bits per heavy atom. The Balaban J connectivity index is 2.51. The molecular weight excluding hydrogens is 278 g/mol. The van der Waals surface area contributed by atoms with E-state index in [1.165, 1.54) is 0 Å². The van der Waals surface area contributed by atoms with Crippen molar-refractivity contribution in [1.82, 2.24) is 5.32 Å². The van der Waals surface area contributed by atoms with Gasteiger partial charge in [0.05, 0.1) is 28.3 Å². The van der Waals surface area contributed by atoms with E-state index in [0.717, 1.165) is 11.3 Å². The number of rotatable bonds is 2. The summed E-state index contributed by atoms with van der Waals surface area (Å²) in [6, 6.07) is 0. The molecule has 1 aliphatic heterocycles. The number of thiophene rings is 1. The quantitative estimate of drug-likeness (QED) is 0.813. The van der Waals surface area contributed by atoms with Gasteiger partial charge in [-0.05, 0) is 27.7 Å². The van der Waals surface area contributed by atoms with Crippen LogP contribution in [-0.4, -0.2) is 29.9 Å². The number of amides is 1. The van der Waals surface area contributed by atoms with Gasteiger partial charge in [0.15, 0.2) is 0 Å². The number of carbonyl (C=O) groups is 2. The molecule has 1 aliphatic rings. The van der Waals surface area contributed by atoms with Gasteiger partial charge >= 0.3 is 5.97 Å². The van der Waals surface area contributed by atoms with Crippen molar-refractivity contribution in [3.8, 4) is 0 Å². The molecule has 0 atom stereocenters. The number of nitrogens with two attached hydrogens (primary N) is 1. The molecule has 0 aliphatic carbocycles. The zero-order valence-electron chi connectivity index (χ0n) is 11.9. The maximum Gasteiger partial charge on any atom is 0.350 e. The van der Waals surface area contributed by atoms with Gasteiger partial charge in [-0.2, -0.15) is 0 Å². The number of nitrogens with zero attached hydrogens (tertiary/aromatic N) is 1. The van der Waals surface area contributed by atoms with Crippen molar-refractivity contribution >= 4 is 34.7 Å². The Bertz CT molecular complexity index is 611. The zero-order chi connectivity index (χ0) is 15.1. The molecule has 0 radical (unpaired) electrons. The lowest BCUT2D eigenvalue weighted by Crippen LogP contribution is -2.26. The number of hydrogen-bond donors (Lipinski definition) is 2. The summed E-state index contributed by atoms with van der Waals surface area (Å²) in [6.45, 7) is 7.75. The average molecular weight is 295 g/mol. The fourth-order valence-corrected chi connectivity index (χ4v) is 2.88. The van der Waals surface area contributed by atoms with Gasteiger partial charge < -0.3 is 15.8 Å². The molecule has 0 spiro atoms. The summed E-state index contributed by atoms with van der Waals surface area (Å²) >= 11 is 1.14. The summed E-state index contributed by atoms with van der Waals surface area (Å²) in [5, 5.41) is 2.68. The average Bonchev–Trinajstić information content (AvgIpc) is 2.78. The van der Waals surface area contributed by atoms with Crippen molar-refractivity contribution in [1.29, 1.82) is 0 Å². The standard InChI is InChI=1S/C13H17N3O3S/c1-5-19-12(18)9-7(14)6-8(20-9)10(15-11(6)17)16-13(2,3)4/h5,14H2,1-4H3,(H,15,16,17). The number of ether oxygens (including phenoxy) is 1. The van der Waals surface area contributed by atoms with Gasteiger partial charge in [0.1, 0.15) is 10.7 Å². The predicted molar refractivity (Wildman–Crippen MR) is 78.4 cm³/mol. The van der Waals surface area contributed by atoms with Gasteiger partial charge in [0, 0.05) is 0 Å². The predicted octanol–water partition coefficient (Wildman–Crippen LogP) is 1.80. The Morgan fingerprint density at radius 1 is 1.45 bits per heavy atom. The van der Waals surface area contributed by atoms with Crippen molar-refractivity contribution in [3.63, 3.8) is 0 Å². The van der Waals surface area contributed by atoms with E-state index in [0.29, 0.717) is 16.3 Å². The summed E-state index contributed by atoms with van der Waals surface area (Å²) in [7, 11) is 0. The van der Waals surface area contributed by atoms with Crippen molar-refractivity contribution < 1.29 is 14.3 Å². The van der Waals surface area contributed by atoms with Gasteiger partial charge in [-0.1, -0.05) is 0 Å². The lowest BCUT2D eigenvalue weighted by atomic mass is 10.1. The minimum absolute atomic E-state index is 0.167. The number of aliphatic imine (C=N–C) groups is 1. The highest BCUT2D eigenvalue weighted by Gasteiger charge is 2.35. The Labute approximate surface area is 121 Å². The van der Waals surface area contributed by atoms with Crippen molar-refractivity contribution in [2.24, 2.45) is 4.99 Å². The second-order valence-corrected chi connectivity index (χ2v) is 6.38. The molecular formula is C13H17N3O3S. The number of carbonyl (C=O) groups excluding carboxylic acids is 2. The fraction of sp³-hybridized carbons (Fsp3) is 0.462. The third kappa shape index (κ3) is 2.53. The number of esters is 1. The number of nitrogens with one attached hydrogen (secondary N) is 1. The second-order valence-electron chi connectivity index (χ2n) is 5.35. The molecule has 1 aromatic heterocycles. The Kier molecular flexibility index (Phi) is 3.56. The van der Waals surface area contributed by atoms with Crippen LogP contribution in [0, 0.1) is 0 Å². The van der Waals surface area contributed by atoms with Crippen LogP contribution in [0.1, 0.15) is 52.6 Å². The van der Waals surface area contributed by atoms with E-state index in [2.05, 4.69) is 10.3 Å². The van der Waals surface area contributed by atoms with E-state index in [1.807, 2.05) is 20.8 Å². The highest BCUT2D eigenvalue weighted by molar-refractivity contribution is 7.17. The van der Waals surface area contributed by atoms with Crippen molar-refractivity contribution in [3.05, 3.63) is 15.3 Å². The lowest BCUT2D eigenvalue weighted by molar-refractivity contribution is 0.0533. The maximum atomic E-state index is 12.0. The molecule has 0 fully saturated rings. The van der Waals surface area contributed by atoms with Crippen LogP contribution in [0.3, 0.4) is 0 Å². The molecule has 0 saturated carbocycles. The first kappa shape index (κ1) is 14.5. The van der Waals surface area contributed by atoms with E-state index in [-0.39, 0.29) is 28.6 Å². The van der Waals surface area contributed by atoms with Crippen LogP contribution in [0.15, 0.2) is 4.99 Å². The molecule has 0 saturated heterocycles. The van der Waals surface area contributed by atoms with Crippen molar-refractivity contribution in [2.45, 2.75) is 33.2 Å². The summed E-state index contributed by atoms with van der Waals surface area (Å²) in [4.78, 5) is 29.1. The number of amidine groups is 1. The first-order chi connectivity index (χ1) is 9.24. The van der Waals surface area contributed by atoms with Crippen molar-refractivity contribution in [2.75, 3.05) is 12.3 Å². The highest BCUT2D eigenvalue weighted by Crippen LogP contribution is 2.35. The van der Waals surface area contributed by atoms with E-state index >= 15 is 0 Å². The molecule has 1 amide bonds. The SMILES string of the molecule is CCOC(=O)c1sc2c(c1N)C(=O)NC2=NC(C)(C)C. The lowest BCUT2D eigenvalue weighted by Gasteiger charge is -2.13. The number of anilines is 1. The van der Waals surface area contributed by atoms with E-state index in [9.17, 15) is 9.59 Å².